The van der Waals surface area contributed by atoms with Gasteiger partial charge in [-0.3, -0.25) is 0 Å². The smallest absolute Gasteiger partial charge is 0.126 e. The van der Waals surface area contributed by atoms with Crippen molar-refractivity contribution in [2.24, 2.45) is 0 Å². The molecule has 2 rings (SSSR count). The van der Waals surface area contributed by atoms with Gasteiger partial charge in [-0.15, -0.1) is 0 Å². The topological polar surface area (TPSA) is 9.23 Å². The van der Waals surface area contributed by atoms with Gasteiger partial charge in [-0.25, -0.2) is 0 Å². The summed E-state index contributed by atoms with van der Waals surface area (Å²) < 4.78 is 6.64. The third kappa shape index (κ3) is 3.42. The molecule has 1 unspecified atom stereocenters. The van der Waals surface area contributed by atoms with Crippen LogP contribution in [0.15, 0.2) is 28.7 Å². The van der Waals surface area contributed by atoms with Crippen LogP contribution >= 0.6 is 55.1 Å². The quantitative estimate of drug-likeness (QED) is 0.462. The standard InChI is InChI=1S/C16H14Br2Cl2O/c1-8-6-12(17)9(2)14(16(8)21-3)15(18)11-7-10(19)4-5-13(11)20/h4-7,15H,1-3H3. The van der Waals surface area contributed by atoms with Gasteiger partial charge in [0.15, 0.2) is 0 Å². The van der Waals surface area contributed by atoms with Crippen LogP contribution in [0, 0.1) is 13.8 Å². The molecule has 0 spiro atoms. The van der Waals surface area contributed by atoms with E-state index in [1.165, 1.54) is 0 Å². The van der Waals surface area contributed by atoms with Crippen molar-refractivity contribution in [2.75, 3.05) is 7.11 Å². The van der Waals surface area contributed by atoms with Gasteiger partial charge >= 0.3 is 0 Å². The van der Waals surface area contributed by atoms with Crippen molar-refractivity contribution in [3.63, 3.8) is 0 Å². The minimum atomic E-state index is -0.102. The highest BCUT2D eigenvalue weighted by atomic mass is 79.9. The predicted octanol–water partition coefficient (Wildman–Crippen LogP) is 6.87. The first kappa shape index (κ1) is 17.1. The highest BCUT2D eigenvalue weighted by Gasteiger charge is 2.23. The van der Waals surface area contributed by atoms with Crippen molar-refractivity contribution in [2.45, 2.75) is 18.7 Å². The summed E-state index contributed by atoms with van der Waals surface area (Å²) in [6.45, 7) is 4.07. The average molecular weight is 453 g/mol. The molecule has 0 bridgehead atoms. The monoisotopic (exact) mass is 450 g/mol. The average Bonchev–Trinajstić information content (AvgIpc) is 2.44. The van der Waals surface area contributed by atoms with Crippen LogP contribution in [0.2, 0.25) is 10.0 Å². The summed E-state index contributed by atoms with van der Waals surface area (Å²) in [6.07, 6.45) is 0. The molecule has 21 heavy (non-hydrogen) atoms. The van der Waals surface area contributed by atoms with Gasteiger partial charge in [-0.05, 0) is 54.8 Å². The molecule has 0 aliphatic rings. The molecule has 0 N–H and O–H groups in total. The van der Waals surface area contributed by atoms with E-state index in [0.717, 1.165) is 32.5 Å². The van der Waals surface area contributed by atoms with E-state index in [-0.39, 0.29) is 4.83 Å². The summed E-state index contributed by atoms with van der Waals surface area (Å²) in [4.78, 5) is -0.102. The summed E-state index contributed by atoms with van der Waals surface area (Å²) in [6, 6.07) is 7.51. The summed E-state index contributed by atoms with van der Waals surface area (Å²) in [7, 11) is 1.68. The third-order valence-corrected chi connectivity index (χ3v) is 5.75. The van der Waals surface area contributed by atoms with Crippen LogP contribution in [-0.2, 0) is 0 Å². The van der Waals surface area contributed by atoms with Gasteiger partial charge in [-0.2, -0.15) is 0 Å². The lowest BCUT2D eigenvalue weighted by Gasteiger charge is -2.21. The Balaban J connectivity index is 2.68. The lowest BCUT2D eigenvalue weighted by molar-refractivity contribution is 0.406. The van der Waals surface area contributed by atoms with E-state index < -0.39 is 0 Å². The van der Waals surface area contributed by atoms with Crippen molar-refractivity contribution in [1.82, 2.24) is 0 Å². The van der Waals surface area contributed by atoms with Gasteiger partial charge in [-0.1, -0.05) is 55.1 Å². The van der Waals surface area contributed by atoms with Crippen molar-refractivity contribution < 1.29 is 4.74 Å². The molecule has 1 nitrogen and oxygen atoms in total. The van der Waals surface area contributed by atoms with Crippen LogP contribution in [0.4, 0.5) is 0 Å². The van der Waals surface area contributed by atoms with Crippen LogP contribution < -0.4 is 4.74 Å². The Kier molecular flexibility index (Phi) is 5.64. The minimum Gasteiger partial charge on any atom is -0.496 e. The molecular weight excluding hydrogens is 439 g/mol. The van der Waals surface area contributed by atoms with E-state index in [4.69, 9.17) is 27.9 Å². The number of methoxy groups -OCH3 is 1. The van der Waals surface area contributed by atoms with Gasteiger partial charge in [0, 0.05) is 20.1 Å². The van der Waals surface area contributed by atoms with Gasteiger partial charge in [0.05, 0.1) is 11.9 Å². The number of hydrogen-bond donors (Lipinski definition) is 0. The van der Waals surface area contributed by atoms with Crippen LogP contribution in [0.3, 0.4) is 0 Å². The Morgan fingerprint density at radius 2 is 1.81 bits per heavy atom. The molecule has 0 heterocycles. The summed E-state index contributed by atoms with van der Waals surface area (Å²) in [5.41, 5.74) is 4.14. The first-order chi connectivity index (χ1) is 9.86. The number of aryl methyl sites for hydroxylation is 1. The van der Waals surface area contributed by atoms with Crippen LogP contribution in [0.25, 0.3) is 0 Å². The highest BCUT2D eigenvalue weighted by molar-refractivity contribution is 9.10. The highest BCUT2D eigenvalue weighted by Crippen LogP contribution is 2.45. The van der Waals surface area contributed by atoms with Gasteiger partial charge in [0.25, 0.3) is 0 Å². The number of rotatable bonds is 3. The molecule has 0 fully saturated rings. The molecule has 0 saturated carbocycles. The first-order valence-corrected chi connectivity index (χ1v) is 8.75. The molecule has 0 aromatic heterocycles. The normalized spacial score (nSPS) is 12.3. The van der Waals surface area contributed by atoms with Crippen molar-refractivity contribution >= 4 is 55.1 Å². The Hall–Kier alpha value is -0.220. The van der Waals surface area contributed by atoms with Crippen molar-refractivity contribution in [1.29, 1.82) is 0 Å². The van der Waals surface area contributed by atoms with Crippen LogP contribution in [0.5, 0.6) is 5.75 Å². The maximum absolute atomic E-state index is 6.33. The number of benzene rings is 2. The molecule has 0 amide bonds. The summed E-state index contributed by atoms with van der Waals surface area (Å²) >= 11 is 19.8. The van der Waals surface area contributed by atoms with E-state index in [1.807, 2.05) is 19.9 Å². The molecule has 0 radical (unpaired) electrons. The van der Waals surface area contributed by atoms with E-state index in [2.05, 4.69) is 37.9 Å². The van der Waals surface area contributed by atoms with Gasteiger partial charge in [0.2, 0.25) is 0 Å². The second-order valence-corrected chi connectivity index (χ2v) is 7.39. The maximum atomic E-state index is 6.33. The van der Waals surface area contributed by atoms with Crippen molar-refractivity contribution in [3.8, 4) is 5.75 Å². The lowest BCUT2D eigenvalue weighted by Crippen LogP contribution is -2.03. The van der Waals surface area contributed by atoms with E-state index in [1.54, 1.807) is 19.2 Å². The van der Waals surface area contributed by atoms with Crippen molar-refractivity contribution in [3.05, 3.63) is 61.0 Å². The third-order valence-electron chi connectivity index (χ3n) is 3.40. The second kappa shape index (κ2) is 6.91. The number of hydrogen-bond acceptors (Lipinski definition) is 1. The summed E-state index contributed by atoms with van der Waals surface area (Å²) in [5.74, 6) is 0.855. The maximum Gasteiger partial charge on any atom is 0.126 e. The number of ether oxygens (including phenoxy) is 1. The fourth-order valence-corrected chi connectivity index (χ4v) is 4.34. The molecule has 5 heteroatoms. The van der Waals surface area contributed by atoms with E-state index in [9.17, 15) is 0 Å². The Morgan fingerprint density at radius 1 is 1.14 bits per heavy atom. The molecule has 0 aliphatic carbocycles. The van der Waals surface area contributed by atoms with E-state index in [0.29, 0.717) is 10.0 Å². The lowest BCUT2D eigenvalue weighted by atomic mass is 9.97. The Morgan fingerprint density at radius 3 is 2.43 bits per heavy atom. The molecule has 1 atom stereocenters. The predicted molar refractivity (Wildman–Crippen MR) is 97.4 cm³/mol. The second-order valence-electron chi connectivity index (χ2n) is 4.78. The molecule has 0 aliphatic heterocycles. The molecule has 2 aromatic rings. The molecular formula is C16H14Br2Cl2O. The Bertz CT molecular complexity index is 686. The fourth-order valence-electron chi connectivity index (χ4n) is 2.32. The summed E-state index contributed by atoms with van der Waals surface area (Å²) in [5, 5.41) is 1.32. The zero-order chi connectivity index (χ0) is 15.7. The minimum absolute atomic E-state index is 0.102. The molecule has 112 valence electrons. The largest absolute Gasteiger partial charge is 0.496 e. The number of alkyl halides is 1. The zero-order valence-electron chi connectivity index (χ0n) is 11.8. The van der Waals surface area contributed by atoms with Gasteiger partial charge < -0.3 is 4.74 Å². The molecule has 2 aromatic carbocycles. The zero-order valence-corrected chi connectivity index (χ0v) is 16.5. The molecule has 0 saturated heterocycles. The fraction of sp³-hybridized carbons (Fsp3) is 0.250. The Labute approximate surface area is 151 Å². The van der Waals surface area contributed by atoms with E-state index >= 15 is 0 Å². The SMILES string of the molecule is COc1c(C)cc(Br)c(C)c1C(Br)c1cc(Cl)ccc1Cl. The van der Waals surface area contributed by atoms with Crippen LogP contribution in [-0.4, -0.2) is 7.11 Å². The first-order valence-electron chi connectivity index (χ1n) is 6.29. The van der Waals surface area contributed by atoms with Gasteiger partial charge in [0.1, 0.15) is 5.75 Å². The van der Waals surface area contributed by atoms with Crippen LogP contribution in [0.1, 0.15) is 27.1 Å². The number of halogens is 4.